The molecule has 0 aliphatic heterocycles. The van der Waals surface area contributed by atoms with E-state index in [2.05, 4.69) is 15.5 Å². The van der Waals surface area contributed by atoms with E-state index in [9.17, 15) is 9.18 Å². The summed E-state index contributed by atoms with van der Waals surface area (Å²) >= 11 is 0. The van der Waals surface area contributed by atoms with Crippen LogP contribution in [0.15, 0.2) is 65.1 Å². The average Bonchev–Trinajstić information content (AvgIpc) is 3.31. The van der Waals surface area contributed by atoms with Gasteiger partial charge in [-0.15, -0.1) is 10.2 Å². The maximum atomic E-state index is 13.8. The summed E-state index contributed by atoms with van der Waals surface area (Å²) in [6, 6.07) is 17.5. The average molecular weight is 390 g/mol. The van der Waals surface area contributed by atoms with Crippen molar-refractivity contribution in [3.05, 3.63) is 77.9 Å². The van der Waals surface area contributed by atoms with Crippen molar-refractivity contribution in [2.75, 3.05) is 5.32 Å². The number of para-hydroxylation sites is 1. The van der Waals surface area contributed by atoms with E-state index in [0.717, 1.165) is 22.5 Å². The fourth-order valence-electron chi connectivity index (χ4n) is 3.19. The largest absolute Gasteiger partial charge is 0.416 e. The number of nitrogens with zero attached hydrogens (tertiary/aromatic N) is 3. The first-order valence-electron chi connectivity index (χ1n) is 9.13. The van der Waals surface area contributed by atoms with Gasteiger partial charge in [0, 0.05) is 17.0 Å². The molecule has 0 saturated heterocycles. The normalized spacial score (nSPS) is 10.9. The first kappa shape index (κ1) is 18.6. The topological polar surface area (TPSA) is 73.0 Å². The van der Waals surface area contributed by atoms with Gasteiger partial charge < -0.3 is 14.3 Å². The Morgan fingerprint density at radius 2 is 1.72 bits per heavy atom. The number of carbonyl (C=O) groups is 1. The molecule has 2 heterocycles. The van der Waals surface area contributed by atoms with Gasteiger partial charge in [0.25, 0.3) is 0 Å². The summed E-state index contributed by atoms with van der Waals surface area (Å²) in [5.41, 5.74) is 3.43. The van der Waals surface area contributed by atoms with E-state index in [0.29, 0.717) is 11.8 Å². The number of nitrogens with one attached hydrogen (secondary N) is 1. The molecule has 0 atom stereocenters. The highest BCUT2D eigenvalue weighted by Gasteiger charge is 2.18. The quantitative estimate of drug-likeness (QED) is 0.541. The molecule has 0 fully saturated rings. The fourth-order valence-corrected chi connectivity index (χ4v) is 3.19. The fraction of sp³-hybridized carbons (Fsp3) is 0.136. The molecule has 0 aliphatic rings. The van der Waals surface area contributed by atoms with Crippen molar-refractivity contribution < 1.29 is 13.6 Å². The van der Waals surface area contributed by atoms with Crippen molar-refractivity contribution in [2.45, 2.75) is 20.4 Å². The van der Waals surface area contributed by atoms with Gasteiger partial charge in [-0.3, -0.25) is 4.79 Å². The van der Waals surface area contributed by atoms with E-state index in [1.54, 1.807) is 12.1 Å². The molecule has 0 spiro atoms. The van der Waals surface area contributed by atoms with Crippen LogP contribution in [0.25, 0.3) is 22.9 Å². The molecule has 146 valence electrons. The van der Waals surface area contributed by atoms with Crippen molar-refractivity contribution in [2.24, 2.45) is 0 Å². The molecule has 29 heavy (non-hydrogen) atoms. The smallest absolute Gasteiger partial charge is 0.249 e. The number of anilines is 1. The first-order valence-corrected chi connectivity index (χ1v) is 9.13. The molecule has 2 aromatic carbocycles. The van der Waals surface area contributed by atoms with Gasteiger partial charge in [-0.2, -0.15) is 0 Å². The van der Waals surface area contributed by atoms with Crippen LogP contribution >= 0.6 is 0 Å². The van der Waals surface area contributed by atoms with Gasteiger partial charge in [0.1, 0.15) is 12.4 Å². The summed E-state index contributed by atoms with van der Waals surface area (Å²) < 4.78 is 21.4. The molecule has 0 unspecified atom stereocenters. The Bertz CT molecular complexity index is 1160. The second kappa shape index (κ2) is 7.71. The van der Waals surface area contributed by atoms with Gasteiger partial charge in [0.05, 0.1) is 11.3 Å². The summed E-state index contributed by atoms with van der Waals surface area (Å²) in [7, 11) is 0. The molecule has 0 radical (unpaired) electrons. The molecular formula is C22H19FN4O2. The summed E-state index contributed by atoms with van der Waals surface area (Å²) in [5.74, 6) is 0.0288. The Kier molecular flexibility index (Phi) is 4.95. The lowest BCUT2D eigenvalue weighted by atomic mass is 10.2. The highest BCUT2D eigenvalue weighted by atomic mass is 19.1. The van der Waals surface area contributed by atoms with Gasteiger partial charge >= 0.3 is 0 Å². The molecule has 1 amide bonds. The molecule has 0 bridgehead atoms. The van der Waals surface area contributed by atoms with E-state index in [1.165, 1.54) is 12.1 Å². The Balaban J connectivity index is 1.56. The number of benzene rings is 2. The van der Waals surface area contributed by atoms with Gasteiger partial charge in [0.15, 0.2) is 0 Å². The highest BCUT2D eigenvalue weighted by Crippen LogP contribution is 2.28. The molecule has 4 rings (SSSR count). The zero-order valence-corrected chi connectivity index (χ0v) is 16.0. The summed E-state index contributed by atoms with van der Waals surface area (Å²) in [4.78, 5) is 12.4. The van der Waals surface area contributed by atoms with E-state index in [-0.39, 0.29) is 18.1 Å². The predicted octanol–water partition coefficient (Wildman–Crippen LogP) is 4.60. The molecule has 1 N–H and O–H groups in total. The molecule has 4 aromatic rings. The van der Waals surface area contributed by atoms with Crippen LogP contribution in [0.1, 0.15) is 11.4 Å². The minimum atomic E-state index is -0.471. The Labute approximate surface area is 167 Å². The van der Waals surface area contributed by atoms with E-state index < -0.39 is 5.82 Å². The SMILES string of the molecule is Cc1cc(-c2nnc(-c3ccccc3)o2)c(C)n1CC(=O)Nc1ccccc1F. The van der Waals surface area contributed by atoms with Gasteiger partial charge in [-0.25, -0.2) is 4.39 Å². The number of hydrogen-bond donors (Lipinski definition) is 1. The lowest BCUT2D eigenvalue weighted by molar-refractivity contribution is -0.116. The standard InChI is InChI=1S/C22H19FN4O2/c1-14-12-17(22-26-25-21(29-22)16-8-4-3-5-9-16)15(2)27(14)13-20(28)24-19-11-7-6-10-18(19)23/h3-12H,13H2,1-2H3,(H,24,28). The van der Waals surface area contributed by atoms with Crippen LogP contribution < -0.4 is 5.32 Å². The van der Waals surface area contributed by atoms with Crippen molar-refractivity contribution in [1.29, 1.82) is 0 Å². The van der Waals surface area contributed by atoms with Crippen LogP contribution in [-0.4, -0.2) is 20.7 Å². The number of amides is 1. The Hall–Kier alpha value is -3.74. The molecule has 2 aromatic heterocycles. The highest BCUT2D eigenvalue weighted by molar-refractivity contribution is 5.90. The number of carbonyl (C=O) groups excluding carboxylic acids is 1. The van der Waals surface area contributed by atoms with Gasteiger partial charge in [-0.1, -0.05) is 30.3 Å². The minimum absolute atomic E-state index is 0.0473. The zero-order chi connectivity index (χ0) is 20.4. The minimum Gasteiger partial charge on any atom is -0.416 e. The Morgan fingerprint density at radius 1 is 1.03 bits per heavy atom. The van der Waals surface area contributed by atoms with Crippen molar-refractivity contribution in [3.63, 3.8) is 0 Å². The molecule has 6 nitrogen and oxygen atoms in total. The second-order valence-electron chi connectivity index (χ2n) is 6.68. The number of aromatic nitrogens is 3. The number of halogens is 1. The van der Waals surface area contributed by atoms with Crippen molar-refractivity contribution in [3.8, 4) is 22.9 Å². The van der Waals surface area contributed by atoms with Crippen molar-refractivity contribution in [1.82, 2.24) is 14.8 Å². The van der Waals surface area contributed by atoms with E-state index in [1.807, 2.05) is 54.8 Å². The van der Waals surface area contributed by atoms with Crippen molar-refractivity contribution >= 4 is 11.6 Å². The van der Waals surface area contributed by atoms with Gasteiger partial charge in [0.2, 0.25) is 17.7 Å². The number of rotatable bonds is 5. The maximum absolute atomic E-state index is 13.8. The third-order valence-electron chi connectivity index (χ3n) is 4.70. The number of hydrogen-bond acceptors (Lipinski definition) is 4. The summed E-state index contributed by atoms with van der Waals surface area (Å²) in [6.45, 7) is 3.82. The zero-order valence-electron chi connectivity index (χ0n) is 16.0. The monoisotopic (exact) mass is 390 g/mol. The Morgan fingerprint density at radius 3 is 2.48 bits per heavy atom. The second-order valence-corrected chi connectivity index (χ2v) is 6.68. The maximum Gasteiger partial charge on any atom is 0.249 e. The molecule has 0 aliphatic carbocycles. The number of aryl methyl sites for hydroxylation is 1. The van der Waals surface area contributed by atoms with Crippen LogP contribution in [0.3, 0.4) is 0 Å². The lowest BCUT2D eigenvalue weighted by Gasteiger charge is -2.10. The third-order valence-corrected chi connectivity index (χ3v) is 4.70. The predicted molar refractivity (Wildman–Crippen MR) is 108 cm³/mol. The van der Waals surface area contributed by atoms with Crippen LogP contribution in [0.2, 0.25) is 0 Å². The van der Waals surface area contributed by atoms with Crippen LogP contribution in [-0.2, 0) is 11.3 Å². The molecular weight excluding hydrogens is 371 g/mol. The van der Waals surface area contributed by atoms with Gasteiger partial charge in [-0.05, 0) is 44.2 Å². The summed E-state index contributed by atoms with van der Waals surface area (Å²) in [5, 5.41) is 10.9. The van der Waals surface area contributed by atoms with Crippen LogP contribution in [0, 0.1) is 19.7 Å². The lowest BCUT2D eigenvalue weighted by Crippen LogP contribution is -2.20. The molecule has 7 heteroatoms. The van der Waals surface area contributed by atoms with E-state index in [4.69, 9.17) is 4.42 Å². The van der Waals surface area contributed by atoms with Crippen LogP contribution in [0.5, 0.6) is 0 Å². The first-order chi connectivity index (χ1) is 14.0. The molecule has 0 saturated carbocycles. The van der Waals surface area contributed by atoms with E-state index >= 15 is 0 Å². The summed E-state index contributed by atoms with van der Waals surface area (Å²) in [6.07, 6.45) is 0. The third kappa shape index (κ3) is 3.80. The van der Waals surface area contributed by atoms with Crippen LogP contribution in [0.4, 0.5) is 10.1 Å².